The van der Waals surface area contributed by atoms with E-state index in [2.05, 4.69) is 10.5 Å². The molecule has 7 heteroatoms. The van der Waals surface area contributed by atoms with Crippen LogP contribution in [-0.4, -0.2) is 35.2 Å². The number of hydrogen-bond donors (Lipinski definition) is 1. The lowest BCUT2D eigenvalue weighted by Crippen LogP contribution is -2.41. The predicted molar refractivity (Wildman–Crippen MR) is 110 cm³/mol. The number of anilines is 2. The fourth-order valence-corrected chi connectivity index (χ4v) is 5.02. The van der Waals surface area contributed by atoms with Gasteiger partial charge in [0, 0.05) is 17.1 Å². The van der Waals surface area contributed by atoms with Crippen LogP contribution in [0.2, 0.25) is 0 Å². The minimum absolute atomic E-state index is 0.159. The number of rotatable bonds is 3. The van der Waals surface area contributed by atoms with Gasteiger partial charge in [-0.3, -0.25) is 14.5 Å². The third kappa shape index (κ3) is 2.32. The Bertz CT molecular complexity index is 1230. The number of nitrogens with one attached hydrogen (secondary N) is 1. The van der Waals surface area contributed by atoms with Crippen molar-refractivity contribution in [2.24, 2.45) is 11.8 Å². The Kier molecular flexibility index (Phi) is 3.50. The summed E-state index contributed by atoms with van der Waals surface area (Å²) in [4.78, 5) is 28.2. The first-order valence-corrected chi connectivity index (χ1v) is 9.96. The van der Waals surface area contributed by atoms with E-state index in [1.165, 1.54) is 0 Å². The van der Waals surface area contributed by atoms with Crippen molar-refractivity contribution in [1.82, 2.24) is 5.16 Å². The zero-order valence-electron chi connectivity index (χ0n) is 16.2. The Morgan fingerprint density at radius 2 is 2.07 bits per heavy atom. The first-order chi connectivity index (χ1) is 14.6. The molecule has 150 valence electrons. The molecule has 30 heavy (non-hydrogen) atoms. The van der Waals surface area contributed by atoms with Gasteiger partial charge in [0.1, 0.15) is 11.4 Å². The van der Waals surface area contributed by atoms with E-state index in [0.29, 0.717) is 18.1 Å². The highest BCUT2D eigenvalue weighted by Gasteiger charge is 2.67. The van der Waals surface area contributed by atoms with Gasteiger partial charge in [0.15, 0.2) is 5.82 Å². The quantitative estimate of drug-likeness (QED) is 0.682. The summed E-state index contributed by atoms with van der Waals surface area (Å²) in [6, 6.07) is 15.4. The van der Waals surface area contributed by atoms with Gasteiger partial charge in [0.25, 0.3) is 0 Å². The van der Waals surface area contributed by atoms with E-state index in [9.17, 15) is 9.59 Å². The molecule has 4 atom stereocenters. The molecule has 2 saturated heterocycles. The molecule has 1 N–H and O–H groups in total. The van der Waals surface area contributed by atoms with Crippen molar-refractivity contribution in [3.8, 4) is 0 Å². The van der Waals surface area contributed by atoms with Crippen LogP contribution in [-0.2, 0) is 14.3 Å². The summed E-state index contributed by atoms with van der Waals surface area (Å²) in [6.45, 7) is 2.10. The van der Waals surface area contributed by atoms with Gasteiger partial charge in [-0.15, -0.1) is 0 Å². The zero-order chi connectivity index (χ0) is 20.5. The second kappa shape index (κ2) is 6.03. The molecule has 1 spiro atoms. The second-order valence-electron chi connectivity index (χ2n) is 8.14. The molecule has 6 rings (SSSR count). The van der Waals surface area contributed by atoms with E-state index in [4.69, 9.17) is 9.26 Å². The highest BCUT2D eigenvalue weighted by atomic mass is 16.5. The van der Waals surface area contributed by atoms with Crippen LogP contribution in [0.15, 0.2) is 65.2 Å². The molecule has 3 aliphatic rings. The Hall–Kier alpha value is -3.45. The zero-order valence-corrected chi connectivity index (χ0v) is 16.2. The van der Waals surface area contributed by atoms with Gasteiger partial charge >= 0.3 is 0 Å². The van der Waals surface area contributed by atoms with Crippen molar-refractivity contribution in [1.29, 1.82) is 0 Å². The standard InChI is InChI=1S/C23H19N3O4/c1-13-11-18(25-30-13)26-12-23-10-9-17(29-23)19(20(23)22(26)28)21(27)24-16-8-4-6-14-5-2-3-7-15(14)16/h2-11,17,19-20H,12H2,1H3,(H,24,27)/t17?,19?,20?,23-/m0/s1. The van der Waals surface area contributed by atoms with Crippen LogP contribution < -0.4 is 10.2 Å². The van der Waals surface area contributed by atoms with Crippen LogP contribution >= 0.6 is 0 Å². The molecule has 3 aliphatic heterocycles. The minimum atomic E-state index is -0.796. The van der Waals surface area contributed by atoms with Crippen molar-refractivity contribution in [3.05, 3.63) is 66.4 Å². The molecular weight excluding hydrogens is 382 g/mol. The van der Waals surface area contributed by atoms with Gasteiger partial charge in [-0.1, -0.05) is 53.7 Å². The van der Waals surface area contributed by atoms with Gasteiger partial charge in [0.05, 0.1) is 24.5 Å². The third-order valence-corrected chi connectivity index (χ3v) is 6.34. The highest BCUT2D eigenvalue weighted by molar-refractivity contribution is 6.07. The van der Waals surface area contributed by atoms with E-state index in [-0.39, 0.29) is 11.8 Å². The van der Waals surface area contributed by atoms with E-state index in [0.717, 1.165) is 16.5 Å². The van der Waals surface area contributed by atoms with E-state index < -0.39 is 23.5 Å². The fraction of sp³-hybridized carbons (Fsp3) is 0.261. The number of hydrogen-bond acceptors (Lipinski definition) is 5. The number of nitrogens with zero attached hydrogens (tertiary/aromatic N) is 2. The minimum Gasteiger partial charge on any atom is -0.360 e. The van der Waals surface area contributed by atoms with Crippen LogP contribution in [0.5, 0.6) is 0 Å². The molecular formula is C23H19N3O4. The summed E-state index contributed by atoms with van der Waals surface area (Å²) in [5, 5.41) is 9.02. The lowest BCUT2D eigenvalue weighted by molar-refractivity contribution is -0.128. The highest BCUT2D eigenvalue weighted by Crippen LogP contribution is 2.52. The van der Waals surface area contributed by atoms with Gasteiger partial charge in [0.2, 0.25) is 11.8 Å². The van der Waals surface area contributed by atoms with Crippen LogP contribution in [0.4, 0.5) is 11.5 Å². The van der Waals surface area contributed by atoms with Crippen molar-refractivity contribution < 1.29 is 18.8 Å². The topological polar surface area (TPSA) is 84.7 Å². The number of aryl methyl sites for hydroxylation is 1. The molecule has 3 aromatic rings. The molecule has 4 heterocycles. The SMILES string of the molecule is Cc1cc(N2C[C@]34C=CC(O3)C(C(=O)Nc3cccc5ccccc35)C4C2=O)no1. The fourth-order valence-electron chi connectivity index (χ4n) is 5.02. The summed E-state index contributed by atoms with van der Waals surface area (Å²) in [6.07, 6.45) is 3.42. The third-order valence-electron chi connectivity index (χ3n) is 6.34. The van der Waals surface area contributed by atoms with Gasteiger partial charge in [-0.2, -0.15) is 0 Å². The summed E-state index contributed by atoms with van der Waals surface area (Å²) in [5.74, 6) is -0.473. The first kappa shape index (κ1) is 17.4. The van der Waals surface area contributed by atoms with Gasteiger partial charge in [-0.25, -0.2) is 0 Å². The Labute approximate surface area is 172 Å². The molecule has 0 saturated carbocycles. The van der Waals surface area contributed by atoms with E-state index in [1.807, 2.05) is 54.6 Å². The van der Waals surface area contributed by atoms with Crippen LogP contribution in [0, 0.1) is 18.8 Å². The maximum absolute atomic E-state index is 13.4. The van der Waals surface area contributed by atoms with Crippen molar-refractivity contribution in [2.75, 3.05) is 16.8 Å². The molecule has 0 radical (unpaired) electrons. The molecule has 2 aromatic carbocycles. The maximum Gasteiger partial charge on any atom is 0.235 e. The number of carbonyl (C=O) groups excluding carboxylic acids is 2. The number of benzene rings is 2. The lowest BCUT2D eigenvalue weighted by atomic mass is 9.76. The predicted octanol–water partition coefficient (Wildman–Crippen LogP) is 3.06. The average Bonchev–Trinajstić information content (AvgIpc) is 3.49. The summed E-state index contributed by atoms with van der Waals surface area (Å²) >= 11 is 0. The molecule has 1 aromatic heterocycles. The van der Waals surface area contributed by atoms with Crippen LogP contribution in [0.1, 0.15) is 5.76 Å². The first-order valence-electron chi connectivity index (χ1n) is 9.96. The summed E-state index contributed by atoms with van der Waals surface area (Å²) < 4.78 is 11.3. The number of fused-ring (bicyclic) bond motifs is 2. The van der Waals surface area contributed by atoms with Crippen LogP contribution in [0.3, 0.4) is 0 Å². The molecule has 2 fully saturated rings. The Morgan fingerprint density at radius 1 is 1.23 bits per heavy atom. The van der Waals surface area contributed by atoms with Crippen LogP contribution in [0.25, 0.3) is 10.8 Å². The molecule has 2 bridgehead atoms. The number of aromatic nitrogens is 1. The molecule has 0 aliphatic carbocycles. The lowest BCUT2D eigenvalue weighted by Gasteiger charge is -2.23. The van der Waals surface area contributed by atoms with Gasteiger partial charge in [-0.05, 0) is 18.4 Å². The van der Waals surface area contributed by atoms with E-state index in [1.54, 1.807) is 17.9 Å². The molecule has 2 amide bonds. The summed E-state index contributed by atoms with van der Waals surface area (Å²) in [7, 11) is 0. The van der Waals surface area contributed by atoms with Gasteiger partial charge < -0.3 is 14.6 Å². The van der Waals surface area contributed by atoms with E-state index >= 15 is 0 Å². The average molecular weight is 401 g/mol. The Morgan fingerprint density at radius 3 is 2.90 bits per heavy atom. The number of carbonyl (C=O) groups is 2. The number of amides is 2. The largest absolute Gasteiger partial charge is 0.360 e. The van der Waals surface area contributed by atoms with Crippen molar-refractivity contribution in [2.45, 2.75) is 18.6 Å². The summed E-state index contributed by atoms with van der Waals surface area (Å²) in [5.41, 5.74) is -0.0663. The molecule has 3 unspecified atom stereocenters. The number of ether oxygens (including phenoxy) is 1. The van der Waals surface area contributed by atoms with Crippen molar-refractivity contribution in [3.63, 3.8) is 0 Å². The monoisotopic (exact) mass is 401 g/mol. The normalized spacial score (nSPS) is 29.0. The second-order valence-corrected chi connectivity index (χ2v) is 8.14. The smallest absolute Gasteiger partial charge is 0.235 e. The Balaban J connectivity index is 1.33. The van der Waals surface area contributed by atoms with Crippen molar-refractivity contribution >= 4 is 34.1 Å². The maximum atomic E-state index is 13.4. The molecule has 7 nitrogen and oxygen atoms in total.